The van der Waals surface area contributed by atoms with E-state index in [-0.39, 0.29) is 42.0 Å². The molecule has 2 aromatic rings. The lowest BCUT2D eigenvalue weighted by Gasteiger charge is -2.17. The molecule has 0 aliphatic heterocycles. The minimum Gasteiger partial charge on any atom is -0.493 e. The first-order valence-electron chi connectivity index (χ1n) is 9.95. The van der Waals surface area contributed by atoms with Gasteiger partial charge in [0.25, 0.3) is 0 Å². The fourth-order valence-corrected chi connectivity index (χ4v) is 2.96. The molecular weight excluding hydrogens is 535 g/mol. The Labute approximate surface area is 204 Å². The van der Waals surface area contributed by atoms with Crippen LogP contribution in [-0.4, -0.2) is 39.9 Å². The quantitative estimate of drug-likeness (QED) is 0.236. The van der Waals surface area contributed by atoms with E-state index < -0.39 is 6.61 Å². The van der Waals surface area contributed by atoms with Crippen LogP contribution >= 0.6 is 24.0 Å². The number of rotatable bonds is 11. The van der Waals surface area contributed by atoms with Crippen LogP contribution in [0.25, 0.3) is 0 Å². The van der Waals surface area contributed by atoms with E-state index in [1.54, 1.807) is 39.3 Å². The van der Waals surface area contributed by atoms with Crippen LogP contribution in [0.1, 0.15) is 25.0 Å². The second-order valence-electron chi connectivity index (χ2n) is 6.26. The number of ether oxygens (including phenoxy) is 4. The van der Waals surface area contributed by atoms with Crippen molar-refractivity contribution in [2.45, 2.75) is 33.5 Å². The molecule has 2 N–H and O–H groups in total. The summed E-state index contributed by atoms with van der Waals surface area (Å²) >= 11 is 0. The number of alkyl halides is 2. The van der Waals surface area contributed by atoms with E-state index in [1.807, 2.05) is 25.1 Å². The monoisotopic (exact) mass is 565 g/mol. The third-order valence-electron chi connectivity index (χ3n) is 4.25. The van der Waals surface area contributed by atoms with Crippen molar-refractivity contribution in [1.82, 2.24) is 10.6 Å². The SMILES string of the molecule is CCNC(=NCc1cccc(OC)c1OC)NCc1cccc(OCC)c1OC(F)F.I. The maximum absolute atomic E-state index is 12.9. The molecule has 0 aliphatic carbocycles. The Morgan fingerprint density at radius 3 is 2.22 bits per heavy atom. The van der Waals surface area contributed by atoms with E-state index in [2.05, 4.69) is 15.6 Å². The summed E-state index contributed by atoms with van der Waals surface area (Å²) in [7, 11) is 3.15. The standard InChI is InChI=1S/C22H29F2N3O4.HI/c1-5-25-22(26-13-15-9-7-11-17(28-3)19(15)29-4)27-14-16-10-8-12-18(30-6-2)20(16)31-21(23)24;/h7-12,21H,5-6,13-14H2,1-4H3,(H2,25,26,27);1H. The molecule has 10 heteroatoms. The Morgan fingerprint density at radius 1 is 0.938 bits per heavy atom. The lowest BCUT2D eigenvalue weighted by molar-refractivity contribution is -0.0520. The molecule has 2 aromatic carbocycles. The molecule has 7 nitrogen and oxygen atoms in total. The summed E-state index contributed by atoms with van der Waals surface area (Å²) in [5.41, 5.74) is 1.37. The summed E-state index contributed by atoms with van der Waals surface area (Å²) in [6.07, 6.45) is 0. The molecule has 0 saturated carbocycles. The molecule has 0 unspecified atom stereocenters. The van der Waals surface area contributed by atoms with Crippen LogP contribution in [0.3, 0.4) is 0 Å². The smallest absolute Gasteiger partial charge is 0.387 e. The first-order valence-corrected chi connectivity index (χ1v) is 9.95. The zero-order valence-corrected chi connectivity index (χ0v) is 20.9. The van der Waals surface area contributed by atoms with Gasteiger partial charge < -0.3 is 29.6 Å². The maximum Gasteiger partial charge on any atom is 0.387 e. The van der Waals surface area contributed by atoms with Crippen molar-refractivity contribution >= 4 is 29.9 Å². The highest BCUT2D eigenvalue weighted by atomic mass is 127. The van der Waals surface area contributed by atoms with Crippen LogP contribution in [0.15, 0.2) is 41.4 Å². The van der Waals surface area contributed by atoms with Crippen LogP contribution in [0, 0.1) is 0 Å². The number of hydrogen-bond donors (Lipinski definition) is 2. The summed E-state index contributed by atoms with van der Waals surface area (Å²) < 4.78 is 46.8. The zero-order chi connectivity index (χ0) is 22.6. The minimum absolute atomic E-state index is 0. The minimum atomic E-state index is -2.96. The van der Waals surface area contributed by atoms with Crippen LogP contribution in [0.5, 0.6) is 23.0 Å². The predicted molar refractivity (Wildman–Crippen MR) is 131 cm³/mol. The van der Waals surface area contributed by atoms with E-state index in [1.165, 1.54) is 0 Å². The third kappa shape index (κ3) is 7.88. The van der Waals surface area contributed by atoms with Gasteiger partial charge in [0.2, 0.25) is 0 Å². The van der Waals surface area contributed by atoms with E-state index in [0.29, 0.717) is 42.7 Å². The largest absolute Gasteiger partial charge is 0.493 e. The van der Waals surface area contributed by atoms with Crippen molar-refractivity contribution in [2.24, 2.45) is 4.99 Å². The van der Waals surface area contributed by atoms with E-state index in [4.69, 9.17) is 18.9 Å². The van der Waals surface area contributed by atoms with Gasteiger partial charge in [-0.3, -0.25) is 0 Å². The molecule has 178 valence electrons. The molecule has 0 radical (unpaired) electrons. The van der Waals surface area contributed by atoms with Crippen LogP contribution in [-0.2, 0) is 13.1 Å². The number of nitrogens with one attached hydrogen (secondary N) is 2. The van der Waals surface area contributed by atoms with Crippen molar-refractivity contribution in [3.63, 3.8) is 0 Å². The normalized spacial score (nSPS) is 10.9. The van der Waals surface area contributed by atoms with Gasteiger partial charge in [0.1, 0.15) is 0 Å². The Bertz CT molecular complexity index is 869. The summed E-state index contributed by atoms with van der Waals surface area (Å²) in [4.78, 5) is 4.57. The first kappa shape index (κ1) is 27.5. The highest BCUT2D eigenvalue weighted by Crippen LogP contribution is 2.33. The molecule has 0 aliphatic rings. The molecule has 32 heavy (non-hydrogen) atoms. The van der Waals surface area contributed by atoms with Crippen LogP contribution in [0.4, 0.5) is 8.78 Å². The molecule has 0 amide bonds. The Morgan fingerprint density at radius 2 is 1.62 bits per heavy atom. The fraction of sp³-hybridized carbons (Fsp3) is 0.409. The molecular formula is C22H30F2IN3O4. The highest BCUT2D eigenvalue weighted by molar-refractivity contribution is 14.0. The zero-order valence-electron chi connectivity index (χ0n) is 18.6. The lowest BCUT2D eigenvalue weighted by atomic mass is 10.2. The Hall–Kier alpha value is -2.50. The Kier molecular flexibility index (Phi) is 12.5. The number of guanidine groups is 1. The van der Waals surface area contributed by atoms with Crippen molar-refractivity contribution in [3.8, 4) is 23.0 Å². The molecule has 0 aromatic heterocycles. The molecule has 0 atom stereocenters. The highest BCUT2D eigenvalue weighted by Gasteiger charge is 2.16. The van der Waals surface area contributed by atoms with Gasteiger partial charge in [-0.15, -0.1) is 24.0 Å². The van der Waals surface area contributed by atoms with Gasteiger partial charge in [-0.2, -0.15) is 8.78 Å². The van der Waals surface area contributed by atoms with Crippen LogP contribution in [0.2, 0.25) is 0 Å². The van der Waals surface area contributed by atoms with Gasteiger partial charge in [-0.25, -0.2) is 4.99 Å². The second kappa shape index (κ2) is 14.5. The molecule has 0 heterocycles. The Balaban J connectivity index is 0.00000512. The number of para-hydroxylation sites is 2. The van der Waals surface area contributed by atoms with Crippen LogP contribution < -0.4 is 29.6 Å². The van der Waals surface area contributed by atoms with E-state index in [0.717, 1.165) is 5.56 Å². The van der Waals surface area contributed by atoms with Gasteiger partial charge in [0.05, 0.1) is 27.4 Å². The van der Waals surface area contributed by atoms with Gasteiger partial charge >= 0.3 is 6.61 Å². The summed E-state index contributed by atoms with van der Waals surface area (Å²) in [6.45, 7) is 2.26. The molecule has 0 spiro atoms. The maximum atomic E-state index is 12.9. The molecule has 2 rings (SSSR count). The fourth-order valence-electron chi connectivity index (χ4n) is 2.96. The van der Waals surface area contributed by atoms with E-state index in [9.17, 15) is 8.78 Å². The number of aliphatic imine (C=N–C) groups is 1. The van der Waals surface area contributed by atoms with Crippen molar-refractivity contribution in [3.05, 3.63) is 47.5 Å². The van der Waals surface area contributed by atoms with Crippen molar-refractivity contribution in [1.29, 1.82) is 0 Å². The number of benzene rings is 2. The number of hydrogen-bond acceptors (Lipinski definition) is 5. The van der Waals surface area contributed by atoms with E-state index >= 15 is 0 Å². The molecule has 0 bridgehead atoms. The van der Waals surface area contributed by atoms with Crippen molar-refractivity contribution in [2.75, 3.05) is 27.4 Å². The van der Waals surface area contributed by atoms with Gasteiger partial charge in [-0.05, 0) is 26.0 Å². The first-order chi connectivity index (χ1) is 15.0. The summed E-state index contributed by atoms with van der Waals surface area (Å²) in [6, 6.07) is 10.6. The van der Waals surface area contributed by atoms with Gasteiger partial charge in [0.15, 0.2) is 29.0 Å². The average Bonchev–Trinajstić information content (AvgIpc) is 2.76. The summed E-state index contributed by atoms with van der Waals surface area (Å²) in [5, 5.41) is 6.28. The van der Waals surface area contributed by atoms with Crippen molar-refractivity contribution < 1.29 is 27.7 Å². The number of methoxy groups -OCH3 is 2. The number of nitrogens with zero attached hydrogens (tertiary/aromatic N) is 1. The topological polar surface area (TPSA) is 73.3 Å². The molecule has 0 saturated heterocycles. The lowest BCUT2D eigenvalue weighted by Crippen LogP contribution is -2.37. The predicted octanol–water partition coefficient (Wildman–Crippen LogP) is 4.58. The number of halogens is 3. The average molecular weight is 565 g/mol. The van der Waals surface area contributed by atoms with Gasteiger partial charge in [-0.1, -0.05) is 24.3 Å². The van der Waals surface area contributed by atoms with Gasteiger partial charge in [0, 0.05) is 24.2 Å². The summed E-state index contributed by atoms with van der Waals surface area (Å²) in [5.74, 6) is 2.02. The molecule has 0 fully saturated rings. The second-order valence-corrected chi connectivity index (χ2v) is 6.26. The third-order valence-corrected chi connectivity index (χ3v) is 4.25.